The smallest absolute Gasteiger partial charge is 0.248 e. The zero-order valence-corrected chi connectivity index (χ0v) is 16.3. The predicted molar refractivity (Wildman–Crippen MR) is 106 cm³/mol. The van der Waals surface area contributed by atoms with E-state index in [-0.39, 0.29) is 12.0 Å². The van der Waals surface area contributed by atoms with Crippen LogP contribution in [0.5, 0.6) is 0 Å². The summed E-state index contributed by atoms with van der Waals surface area (Å²) >= 11 is 7.35. The summed E-state index contributed by atoms with van der Waals surface area (Å²) in [5, 5.41) is 6.10. The number of aromatic nitrogens is 1. The average molecular weight is 424 g/mol. The second kappa shape index (κ2) is 8.62. The van der Waals surface area contributed by atoms with Crippen LogP contribution in [0.1, 0.15) is 18.9 Å². The molecular formula is C19H16ClF2N3O2S. The lowest BCUT2D eigenvalue weighted by Crippen LogP contribution is -2.44. The molecule has 2 aromatic carbocycles. The van der Waals surface area contributed by atoms with Crippen LogP contribution in [0.2, 0.25) is 5.02 Å². The van der Waals surface area contributed by atoms with E-state index in [2.05, 4.69) is 15.6 Å². The van der Waals surface area contributed by atoms with Gasteiger partial charge in [-0.3, -0.25) is 9.59 Å². The first-order chi connectivity index (χ1) is 13.4. The molecule has 1 unspecified atom stereocenters. The summed E-state index contributed by atoms with van der Waals surface area (Å²) in [4.78, 5) is 29.0. The number of hydrogen-bond donors (Lipinski definition) is 2. The predicted octanol–water partition coefficient (Wildman–Crippen LogP) is 4.30. The Kier molecular flexibility index (Phi) is 6.21. The summed E-state index contributed by atoms with van der Waals surface area (Å²) in [6.45, 7) is 1.74. The molecule has 3 rings (SSSR count). The maximum absolute atomic E-state index is 13.2. The third-order valence-electron chi connectivity index (χ3n) is 3.95. The quantitative estimate of drug-likeness (QED) is 0.620. The van der Waals surface area contributed by atoms with Gasteiger partial charge in [-0.1, -0.05) is 35.9 Å². The first-order valence-electron chi connectivity index (χ1n) is 8.46. The van der Waals surface area contributed by atoms with Gasteiger partial charge in [-0.2, -0.15) is 0 Å². The van der Waals surface area contributed by atoms with Crippen molar-refractivity contribution in [2.24, 2.45) is 0 Å². The number of halogens is 3. The molecule has 28 heavy (non-hydrogen) atoms. The van der Waals surface area contributed by atoms with Gasteiger partial charge >= 0.3 is 0 Å². The number of carbonyl (C=O) groups is 2. The number of carbonyl (C=O) groups excluding carboxylic acids is 2. The molecule has 146 valence electrons. The number of nitrogens with zero attached hydrogens (tertiary/aromatic N) is 1. The largest absolute Gasteiger partial charge is 0.344 e. The molecular weight excluding hydrogens is 408 g/mol. The third kappa shape index (κ3) is 4.82. The minimum Gasteiger partial charge on any atom is -0.344 e. The summed E-state index contributed by atoms with van der Waals surface area (Å²) in [6, 6.07) is 7.41. The van der Waals surface area contributed by atoms with Gasteiger partial charge in [0.05, 0.1) is 16.1 Å². The van der Waals surface area contributed by atoms with Gasteiger partial charge in [-0.15, -0.1) is 0 Å². The monoisotopic (exact) mass is 423 g/mol. The van der Waals surface area contributed by atoms with Gasteiger partial charge in [0, 0.05) is 6.07 Å². The topological polar surface area (TPSA) is 71.1 Å². The molecule has 0 bridgehead atoms. The van der Waals surface area contributed by atoms with Gasteiger partial charge in [0.1, 0.15) is 23.2 Å². The molecule has 0 radical (unpaired) electrons. The molecule has 0 fully saturated rings. The van der Waals surface area contributed by atoms with E-state index in [1.807, 2.05) is 6.07 Å². The molecule has 0 spiro atoms. The Morgan fingerprint density at radius 2 is 1.93 bits per heavy atom. The van der Waals surface area contributed by atoms with Crippen LogP contribution in [0.3, 0.4) is 0 Å². The number of fused-ring (bicyclic) bond motifs is 1. The van der Waals surface area contributed by atoms with Crippen LogP contribution in [0, 0.1) is 11.6 Å². The maximum Gasteiger partial charge on any atom is 0.248 e. The molecule has 3 aromatic rings. The number of anilines is 1. The minimum absolute atomic E-state index is 0.186. The zero-order chi connectivity index (χ0) is 20.3. The zero-order valence-electron chi connectivity index (χ0n) is 14.8. The molecule has 9 heteroatoms. The van der Waals surface area contributed by atoms with Crippen LogP contribution in [0.25, 0.3) is 10.2 Å². The highest BCUT2D eigenvalue weighted by Crippen LogP contribution is 2.30. The molecule has 0 saturated heterocycles. The Morgan fingerprint density at radius 1 is 1.21 bits per heavy atom. The van der Waals surface area contributed by atoms with Crippen LogP contribution < -0.4 is 10.6 Å². The second-order valence-electron chi connectivity index (χ2n) is 6.08. The third-order valence-corrected chi connectivity index (χ3v) is 5.19. The fraction of sp³-hybridized carbons (Fsp3) is 0.211. The first kappa shape index (κ1) is 20.2. The van der Waals surface area contributed by atoms with Crippen molar-refractivity contribution in [2.75, 3.05) is 5.32 Å². The number of nitrogens with one attached hydrogen (secondary N) is 2. The lowest BCUT2D eigenvalue weighted by atomic mass is 10.1. The van der Waals surface area contributed by atoms with E-state index in [1.54, 1.807) is 19.1 Å². The Bertz CT molecular complexity index is 1020. The highest BCUT2D eigenvalue weighted by molar-refractivity contribution is 7.22. The van der Waals surface area contributed by atoms with Gasteiger partial charge in [-0.25, -0.2) is 13.8 Å². The van der Waals surface area contributed by atoms with Gasteiger partial charge in [0.2, 0.25) is 11.8 Å². The Hall–Kier alpha value is -2.58. The molecule has 0 aliphatic rings. The van der Waals surface area contributed by atoms with Crippen molar-refractivity contribution in [3.8, 4) is 0 Å². The molecule has 0 aliphatic carbocycles. The SMILES string of the molecule is CCC(NC(=O)Cc1cc(F)cc(F)c1)C(=O)Nc1nc2c(Cl)cccc2s1. The van der Waals surface area contributed by atoms with Crippen molar-refractivity contribution < 1.29 is 18.4 Å². The van der Waals surface area contributed by atoms with E-state index in [9.17, 15) is 18.4 Å². The van der Waals surface area contributed by atoms with Crippen LogP contribution in [-0.2, 0) is 16.0 Å². The molecule has 1 aromatic heterocycles. The molecule has 1 atom stereocenters. The minimum atomic E-state index is -0.812. The van der Waals surface area contributed by atoms with Crippen molar-refractivity contribution >= 4 is 50.1 Å². The van der Waals surface area contributed by atoms with Gasteiger partial charge in [-0.05, 0) is 36.2 Å². The van der Waals surface area contributed by atoms with Gasteiger partial charge in [0.15, 0.2) is 5.13 Å². The molecule has 5 nitrogen and oxygen atoms in total. The van der Waals surface area contributed by atoms with E-state index in [1.165, 1.54) is 11.3 Å². The van der Waals surface area contributed by atoms with Crippen molar-refractivity contribution in [1.82, 2.24) is 10.3 Å². The number of amides is 2. The number of hydrogen-bond acceptors (Lipinski definition) is 4. The van der Waals surface area contributed by atoms with Crippen molar-refractivity contribution in [2.45, 2.75) is 25.8 Å². The Labute approximate surface area is 168 Å². The maximum atomic E-state index is 13.2. The standard InChI is InChI=1S/C19H16ClF2N3O2S/c1-2-14(23-16(26)8-10-6-11(21)9-12(22)7-10)18(27)25-19-24-17-13(20)4-3-5-15(17)28-19/h3-7,9,14H,2,8H2,1H3,(H,23,26)(H,24,25,27). The lowest BCUT2D eigenvalue weighted by Gasteiger charge is -2.16. The van der Waals surface area contributed by atoms with Gasteiger partial charge < -0.3 is 10.6 Å². The first-order valence-corrected chi connectivity index (χ1v) is 9.65. The van der Waals surface area contributed by atoms with Crippen molar-refractivity contribution in [3.05, 3.63) is 58.6 Å². The molecule has 2 amide bonds. The molecule has 1 heterocycles. The van der Waals surface area contributed by atoms with E-state index in [0.717, 1.165) is 22.9 Å². The fourth-order valence-electron chi connectivity index (χ4n) is 2.66. The average Bonchev–Trinajstić information content (AvgIpc) is 3.02. The summed E-state index contributed by atoms with van der Waals surface area (Å²) in [7, 11) is 0. The van der Waals surface area contributed by atoms with E-state index >= 15 is 0 Å². The second-order valence-corrected chi connectivity index (χ2v) is 7.52. The van der Waals surface area contributed by atoms with Crippen molar-refractivity contribution in [1.29, 1.82) is 0 Å². The number of rotatable bonds is 6. The number of thiazole rings is 1. The van der Waals surface area contributed by atoms with Gasteiger partial charge in [0.25, 0.3) is 0 Å². The summed E-state index contributed by atoms with van der Waals surface area (Å²) in [5.74, 6) is -2.47. The number of para-hydroxylation sites is 1. The molecule has 0 saturated carbocycles. The van der Waals surface area contributed by atoms with E-state index in [0.29, 0.717) is 22.1 Å². The summed E-state index contributed by atoms with van der Waals surface area (Å²) in [6.07, 6.45) is 0.0932. The van der Waals surface area contributed by atoms with E-state index in [4.69, 9.17) is 11.6 Å². The molecule has 0 aliphatic heterocycles. The van der Waals surface area contributed by atoms with Crippen LogP contribution in [0.15, 0.2) is 36.4 Å². The van der Waals surface area contributed by atoms with E-state index < -0.39 is 29.5 Å². The Balaban J connectivity index is 1.65. The normalized spacial score (nSPS) is 12.0. The number of benzene rings is 2. The summed E-state index contributed by atoms with van der Waals surface area (Å²) in [5.41, 5.74) is 0.778. The summed E-state index contributed by atoms with van der Waals surface area (Å²) < 4.78 is 27.3. The van der Waals surface area contributed by atoms with Crippen LogP contribution >= 0.6 is 22.9 Å². The fourth-order valence-corrected chi connectivity index (χ4v) is 3.83. The van der Waals surface area contributed by atoms with Crippen molar-refractivity contribution in [3.63, 3.8) is 0 Å². The highest BCUT2D eigenvalue weighted by atomic mass is 35.5. The molecule has 2 N–H and O–H groups in total. The highest BCUT2D eigenvalue weighted by Gasteiger charge is 2.21. The van der Waals surface area contributed by atoms with Crippen LogP contribution in [-0.4, -0.2) is 22.8 Å². The lowest BCUT2D eigenvalue weighted by molar-refractivity contribution is -0.126. The Morgan fingerprint density at radius 3 is 2.57 bits per heavy atom. The van der Waals surface area contributed by atoms with Crippen LogP contribution in [0.4, 0.5) is 13.9 Å².